The van der Waals surface area contributed by atoms with Crippen LogP contribution in [-0.4, -0.2) is 9.78 Å². The van der Waals surface area contributed by atoms with Gasteiger partial charge in [-0.05, 0) is 6.07 Å². The van der Waals surface area contributed by atoms with Gasteiger partial charge in [-0.2, -0.15) is 5.10 Å². The minimum absolute atomic E-state index is 0.634. The lowest BCUT2D eigenvalue weighted by Gasteiger charge is -1.92. The molecule has 0 unspecified atom stereocenters. The summed E-state index contributed by atoms with van der Waals surface area (Å²) < 4.78 is 1.59. The Balaban J connectivity index is 2.93. The number of hydrogen-bond acceptors (Lipinski definition) is 2. The van der Waals surface area contributed by atoms with Crippen LogP contribution in [0.1, 0.15) is 0 Å². The summed E-state index contributed by atoms with van der Waals surface area (Å²) in [4.78, 5) is 0. The van der Waals surface area contributed by atoms with Gasteiger partial charge in [0.25, 0.3) is 0 Å². The van der Waals surface area contributed by atoms with Gasteiger partial charge in [-0.1, -0.05) is 6.58 Å². The molecule has 2 nitrogen and oxygen atoms in total. The molecule has 0 aromatic carbocycles. The van der Waals surface area contributed by atoms with Crippen molar-refractivity contribution in [2.45, 2.75) is 0 Å². The molecule has 1 rings (SSSR count). The van der Waals surface area contributed by atoms with Crippen molar-refractivity contribution >= 4 is 17.7 Å². The lowest BCUT2D eigenvalue weighted by Crippen LogP contribution is -1.87. The molecule has 0 atom stereocenters. The van der Waals surface area contributed by atoms with Crippen molar-refractivity contribution < 1.29 is 0 Å². The van der Waals surface area contributed by atoms with E-state index in [0.717, 1.165) is 0 Å². The molecular weight excluding hydrogens is 120 g/mol. The standard InChI is InChI=1S/C5H6N2S/c1-5(8)7-4-2-3-6-7/h2-4,8H,1H2. The van der Waals surface area contributed by atoms with Crippen molar-refractivity contribution in [1.82, 2.24) is 9.78 Å². The molecular formula is C5H6N2S. The molecule has 0 fully saturated rings. The largest absolute Gasteiger partial charge is 0.235 e. The third-order valence-corrected chi connectivity index (χ3v) is 0.974. The maximum absolute atomic E-state index is 3.96. The number of aromatic nitrogens is 2. The number of rotatable bonds is 1. The predicted molar refractivity (Wildman–Crippen MR) is 36.5 cm³/mol. The Kier molecular flexibility index (Phi) is 1.39. The molecule has 0 saturated carbocycles. The summed E-state index contributed by atoms with van der Waals surface area (Å²) in [5.74, 6) is 0. The summed E-state index contributed by atoms with van der Waals surface area (Å²) in [6, 6.07) is 1.82. The van der Waals surface area contributed by atoms with Gasteiger partial charge in [-0.25, -0.2) is 4.68 Å². The second kappa shape index (κ2) is 2.05. The Morgan fingerprint density at radius 3 is 2.75 bits per heavy atom. The predicted octanol–water partition coefficient (Wildman–Crippen LogP) is 1.24. The molecule has 0 aliphatic rings. The third kappa shape index (κ3) is 0.924. The number of thiol groups is 1. The van der Waals surface area contributed by atoms with E-state index in [1.54, 1.807) is 17.1 Å². The van der Waals surface area contributed by atoms with Crippen LogP contribution >= 0.6 is 12.6 Å². The highest BCUT2D eigenvalue weighted by Crippen LogP contribution is 2.01. The molecule has 0 radical (unpaired) electrons. The van der Waals surface area contributed by atoms with E-state index in [9.17, 15) is 0 Å². The van der Waals surface area contributed by atoms with E-state index in [2.05, 4.69) is 24.3 Å². The summed E-state index contributed by atoms with van der Waals surface area (Å²) in [5, 5.41) is 4.49. The minimum Gasteiger partial charge on any atom is -0.235 e. The SMILES string of the molecule is C=C(S)n1cccn1. The van der Waals surface area contributed by atoms with Crippen LogP contribution < -0.4 is 0 Å². The van der Waals surface area contributed by atoms with Crippen LogP contribution in [0.5, 0.6) is 0 Å². The van der Waals surface area contributed by atoms with Crippen LogP contribution in [0.4, 0.5) is 0 Å². The van der Waals surface area contributed by atoms with Gasteiger partial charge < -0.3 is 0 Å². The average Bonchev–Trinajstić information content (AvgIpc) is 2.12. The van der Waals surface area contributed by atoms with Crippen LogP contribution in [-0.2, 0) is 0 Å². The fourth-order valence-electron chi connectivity index (χ4n) is 0.421. The van der Waals surface area contributed by atoms with Crippen molar-refractivity contribution in [1.29, 1.82) is 0 Å². The quantitative estimate of drug-likeness (QED) is 0.560. The second-order valence-corrected chi connectivity index (χ2v) is 1.88. The van der Waals surface area contributed by atoms with Gasteiger partial charge in [0.1, 0.15) is 0 Å². The molecule has 0 saturated heterocycles. The molecule has 0 aliphatic carbocycles. The van der Waals surface area contributed by atoms with E-state index >= 15 is 0 Å². The topological polar surface area (TPSA) is 17.8 Å². The smallest absolute Gasteiger partial charge is 0.0873 e. The van der Waals surface area contributed by atoms with Gasteiger partial charge in [0.15, 0.2) is 0 Å². The van der Waals surface area contributed by atoms with E-state index in [4.69, 9.17) is 0 Å². The van der Waals surface area contributed by atoms with Crippen LogP contribution in [0.2, 0.25) is 0 Å². The molecule has 8 heavy (non-hydrogen) atoms. The summed E-state index contributed by atoms with van der Waals surface area (Å²) >= 11 is 3.96. The zero-order valence-electron chi connectivity index (χ0n) is 4.28. The first-order chi connectivity index (χ1) is 3.80. The maximum atomic E-state index is 3.96. The highest BCUT2D eigenvalue weighted by molar-refractivity contribution is 7.90. The molecule has 3 heteroatoms. The summed E-state index contributed by atoms with van der Waals surface area (Å²) in [5.41, 5.74) is 0. The van der Waals surface area contributed by atoms with Gasteiger partial charge >= 0.3 is 0 Å². The van der Waals surface area contributed by atoms with Gasteiger partial charge in [0.05, 0.1) is 5.03 Å². The monoisotopic (exact) mass is 126 g/mol. The van der Waals surface area contributed by atoms with Crippen molar-refractivity contribution in [3.05, 3.63) is 25.0 Å². The first kappa shape index (κ1) is 5.44. The lowest BCUT2D eigenvalue weighted by molar-refractivity contribution is 0.929. The molecule has 1 aromatic rings. The molecule has 0 amide bonds. The van der Waals surface area contributed by atoms with Crippen molar-refractivity contribution in [2.75, 3.05) is 0 Å². The zero-order valence-corrected chi connectivity index (χ0v) is 5.18. The Bertz CT molecular complexity index is 178. The van der Waals surface area contributed by atoms with Crippen molar-refractivity contribution in [3.63, 3.8) is 0 Å². The molecule has 1 aromatic heterocycles. The van der Waals surface area contributed by atoms with E-state index in [-0.39, 0.29) is 0 Å². The molecule has 0 bridgehead atoms. The normalized spacial score (nSPS) is 9.12. The molecule has 1 heterocycles. The fourth-order valence-corrected chi connectivity index (χ4v) is 0.540. The van der Waals surface area contributed by atoms with Gasteiger partial charge in [-0.3, -0.25) is 0 Å². The minimum atomic E-state index is 0.634. The first-order valence-electron chi connectivity index (χ1n) is 2.18. The van der Waals surface area contributed by atoms with E-state index in [0.29, 0.717) is 5.03 Å². The number of hydrogen-bond donors (Lipinski definition) is 1. The highest BCUT2D eigenvalue weighted by atomic mass is 32.1. The van der Waals surface area contributed by atoms with E-state index < -0.39 is 0 Å². The van der Waals surface area contributed by atoms with Crippen LogP contribution in [0, 0.1) is 0 Å². The zero-order chi connectivity index (χ0) is 5.98. The second-order valence-electron chi connectivity index (χ2n) is 1.37. The van der Waals surface area contributed by atoms with Crippen molar-refractivity contribution in [2.24, 2.45) is 0 Å². The Hall–Kier alpha value is -0.700. The summed E-state index contributed by atoms with van der Waals surface area (Å²) in [6.07, 6.45) is 3.47. The Morgan fingerprint density at radius 1 is 1.75 bits per heavy atom. The molecule has 0 N–H and O–H groups in total. The van der Waals surface area contributed by atoms with Gasteiger partial charge in [-0.15, -0.1) is 12.6 Å². The molecule has 0 aliphatic heterocycles. The maximum Gasteiger partial charge on any atom is 0.0873 e. The molecule has 0 spiro atoms. The lowest BCUT2D eigenvalue weighted by atomic mass is 10.7. The van der Waals surface area contributed by atoms with E-state index in [1.165, 1.54) is 0 Å². The third-order valence-electron chi connectivity index (χ3n) is 0.769. The Morgan fingerprint density at radius 2 is 2.50 bits per heavy atom. The fraction of sp³-hybridized carbons (Fsp3) is 0. The summed E-state index contributed by atoms with van der Waals surface area (Å²) in [7, 11) is 0. The van der Waals surface area contributed by atoms with Crippen molar-refractivity contribution in [3.8, 4) is 0 Å². The van der Waals surface area contributed by atoms with Gasteiger partial charge in [0.2, 0.25) is 0 Å². The number of nitrogens with zero attached hydrogens (tertiary/aromatic N) is 2. The average molecular weight is 126 g/mol. The highest BCUT2D eigenvalue weighted by Gasteiger charge is 1.85. The van der Waals surface area contributed by atoms with Crippen LogP contribution in [0.3, 0.4) is 0 Å². The van der Waals surface area contributed by atoms with E-state index in [1.807, 2.05) is 6.07 Å². The van der Waals surface area contributed by atoms with Crippen LogP contribution in [0.25, 0.3) is 5.03 Å². The first-order valence-corrected chi connectivity index (χ1v) is 2.63. The van der Waals surface area contributed by atoms with Crippen LogP contribution in [0.15, 0.2) is 25.0 Å². The summed E-state index contributed by atoms with van der Waals surface area (Å²) in [6.45, 7) is 3.56. The molecule has 42 valence electrons. The van der Waals surface area contributed by atoms with Gasteiger partial charge in [0, 0.05) is 12.4 Å². The Labute approximate surface area is 53.2 Å².